The molecular formula is C11H14ClN3O. The van der Waals surface area contributed by atoms with E-state index in [0.717, 1.165) is 0 Å². The third-order valence-electron chi connectivity index (χ3n) is 2.40. The first-order chi connectivity index (χ1) is 7.75. The average Bonchev–Trinajstić information content (AvgIpc) is 3.05. The zero-order chi connectivity index (χ0) is 11.4. The topological polar surface area (TPSA) is 54.0 Å². The highest BCUT2D eigenvalue weighted by Gasteiger charge is 2.20. The number of carbonyl (C=O) groups excluding carboxylic acids is 1. The molecule has 0 atom stereocenters. The first-order valence-corrected chi connectivity index (χ1v) is 5.77. The number of nitrogens with zero attached hydrogens (tertiary/aromatic N) is 1. The normalized spacial score (nSPS) is 14.8. The van der Waals surface area contributed by atoms with Crippen LogP contribution >= 0.6 is 11.6 Å². The molecule has 0 aliphatic heterocycles. The van der Waals surface area contributed by atoms with Gasteiger partial charge in [-0.25, -0.2) is 4.98 Å². The SMILES string of the molecule is O=C(CCNC1CC1)Nc1cccnc1Cl. The average molecular weight is 240 g/mol. The second-order valence-corrected chi connectivity index (χ2v) is 4.23. The van der Waals surface area contributed by atoms with Crippen molar-refractivity contribution in [1.29, 1.82) is 0 Å². The van der Waals surface area contributed by atoms with Crippen LogP contribution in [0, 0.1) is 0 Å². The van der Waals surface area contributed by atoms with E-state index in [1.165, 1.54) is 12.8 Å². The molecule has 16 heavy (non-hydrogen) atoms. The summed E-state index contributed by atoms with van der Waals surface area (Å²) in [4.78, 5) is 15.4. The van der Waals surface area contributed by atoms with Crippen molar-refractivity contribution in [3.05, 3.63) is 23.5 Å². The van der Waals surface area contributed by atoms with Crippen LogP contribution in [0.3, 0.4) is 0 Å². The van der Waals surface area contributed by atoms with Gasteiger partial charge in [-0.3, -0.25) is 4.79 Å². The summed E-state index contributed by atoms with van der Waals surface area (Å²) in [5.41, 5.74) is 0.570. The highest BCUT2D eigenvalue weighted by atomic mass is 35.5. The molecule has 4 nitrogen and oxygen atoms in total. The van der Waals surface area contributed by atoms with Crippen LogP contribution in [0.5, 0.6) is 0 Å². The van der Waals surface area contributed by atoms with Crippen molar-refractivity contribution in [2.24, 2.45) is 0 Å². The molecule has 0 spiro atoms. The van der Waals surface area contributed by atoms with E-state index in [0.29, 0.717) is 29.8 Å². The van der Waals surface area contributed by atoms with E-state index < -0.39 is 0 Å². The van der Waals surface area contributed by atoms with Crippen LogP contribution < -0.4 is 10.6 Å². The van der Waals surface area contributed by atoms with Crippen molar-refractivity contribution in [2.45, 2.75) is 25.3 Å². The van der Waals surface area contributed by atoms with E-state index in [1.54, 1.807) is 18.3 Å². The Morgan fingerprint density at radius 3 is 3.06 bits per heavy atom. The third-order valence-corrected chi connectivity index (χ3v) is 2.70. The molecule has 1 amide bonds. The molecule has 1 aromatic rings. The Morgan fingerprint density at radius 1 is 1.56 bits per heavy atom. The van der Waals surface area contributed by atoms with Gasteiger partial charge in [0.2, 0.25) is 5.91 Å². The number of amides is 1. The predicted molar refractivity (Wildman–Crippen MR) is 63.5 cm³/mol. The first kappa shape index (κ1) is 11.4. The number of halogens is 1. The molecule has 1 fully saturated rings. The maximum Gasteiger partial charge on any atom is 0.225 e. The fraction of sp³-hybridized carbons (Fsp3) is 0.455. The summed E-state index contributed by atoms with van der Waals surface area (Å²) in [7, 11) is 0. The Labute approximate surface area is 99.4 Å². The molecule has 86 valence electrons. The lowest BCUT2D eigenvalue weighted by molar-refractivity contribution is -0.116. The van der Waals surface area contributed by atoms with Crippen LogP contribution in [0.15, 0.2) is 18.3 Å². The summed E-state index contributed by atoms with van der Waals surface area (Å²) in [6.45, 7) is 0.717. The van der Waals surface area contributed by atoms with Crippen LogP contribution in [0.4, 0.5) is 5.69 Å². The molecule has 1 aliphatic rings. The van der Waals surface area contributed by atoms with E-state index in [-0.39, 0.29) is 5.91 Å². The largest absolute Gasteiger partial charge is 0.323 e. The molecule has 5 heteroatoms. The Kier molecular flexibility index (Phi) is 3.74. The smallest absolute Gasteiger partial charge is 0.225 e. The van der Waals surface area contributed by atoms with Crippen molar-refractivity contribution in [3.63, 3.8) is 0 Å². The molecule has 0 radical (unpaired) electrons. The zero-order valence-corrected chi connectivity index (χ0v) is 9.63. The number of nitrogens with one attached hydrogen (secondary N) is 2. The minimum Gasteiger partial charge on any atom is -0.323 e. The maximum atomic E-state index is 11.5. The molecule has 0 aromatic carbocycles. The van der Waals surface area contributed by atoms with Gasteiger partial charge in [0.15, 0.2) is 5.15 Å². The molecule has 1 aliphatic carbocycles. The van der Waals surface area contributed by atoms with E-state index >= 15 is 0 Å². The highest BCUT2D eigenvalue weighted by Crippen LogP contribution is 2.19. The Morgan fingerprint density at radius 2 is 2.38 bits per heavy atom. The summed E-state index contributed by atoms with van der Waals surface area (Å²) in [6.07, 6.45) is 4.51. The van der Waals surface area contributed by atoms with Crippen LogP contribution in [0.2, 0.25) is 5.15 Å². The van der Waals surface area contributed by atoms with Gasteiger partial charge in [0.1, 0.15) is 0 Å². The zero-order valence-electron chi connectivity index (χ0n) is 8.87. The Hall–Kier alpha value is -1.13. The molecule has 1 aromatic heterocycles. The van der Waals surface area contributed by atoms with Crippen LogP contribution in [0.25, 0.3) is 0 Å². The minimum atomic E-state index is -0.0388. The van der Waals surface area contributed by atoms with Gasteiger partial charge in [-0.1, -0.05) is 11.6 Å². The number of pyridine rings is 1. The molecular weight excluding hydrogens is 226 g/mol. The summed E-state index contributed by atoms with van der Waals surface area (Å²) >= 11 is 5.82. The highest BCUT2D eigenvalue weighted by molar-refractivity contribution is 6.32. The minimum absolute atomic E-state index is 0.0388. The Balaban J connectivity index is 1.75. The van der Waals surface area contributed by atoms with Crippen LogP contribution in [-0.2, 0) is 4.79 Å². The van der Waals surface area contributed by atoms with Gasteiger partial charge in [-0.2, -0.15) is 0 Å². The first-order valence-electron chi connectivity index (χ1n) is 5.39. The van der Waals surface area contributed by atoms with Crippen molar-refractivity contribution in [3.8, 4) is 0 Å². The number of hydrogen-bond acceptors (Lipinski definition) is 3. The second-order valence-electron chi connectivity index (χ2n) is 3.87. The van der Waals surface area contributed by atoms with E-state index in [1.807, 2.05) is 0 Å². The molecule has 0 saturated heterocycles. The number of rotatable bonds is 5. The summed E-state index contributed by atoms with van der Waals surface area (Å²) in [5.74, 6) is -0.0388. The molecule has 0 bridgehead atoms. The van der Waals surface area contributed by atoms with Gasteiger partial charge in [0.05, 0.1) is 5.69 Å². The standard InChI is InChI=1S/C11H14ClN3O/c12-11-9(2-1-6-14-11)15-10(16)5-7-13-8-3-4-8/h1-2,6,8,13H,3-5,7H2,(H,15,16). The quantitative estimate of drug-likeness (QED) is 0.771. The van der Waals surface area contributed by atoms with Crippen molar-refractivity contribution < 1.29 is 4.79 Å². The van der Waals surface area contributed by atoms with Crippen molar-refractivity contribution >= 4 is 23.2 Å². The predicted octanol–water partition coefficient (Wildman–Crippen LogP) is 1.82. The van der Waals surface area contributed by atoms with Crippen LogP contribution in [-0.4, -0.2) is 23.5 Å². The lowest BCUT2D eigenvalue weighted by Gasteiger charge is -2.06. The van der Waals surface area contributed by atoms with Gasteiger partial charge in [0, 0.05) is 25.2 Å². The van der Waals surface area contributed by atoms with Gasteiger partial charge >= 0.3 is 0 Å². The lowest BCUT2D eigenvalue weighted by atomic mass is 10.3. The van der Waals surface area contributed by atoms with Gasteiger partial charge in [-0.15, -0.1) is 0 Å². The molecule has 2 rings (SSSR count). The van der Waals surface area contributed by atoms with E-state index in [2.05, 4.69) is 15.6 Å². The number of anilines is 1. The van der Waals surface area contributed by atoms with Crippen molar-refractivity contribution in [2.75, 3.05) is 11.9 Å². The van der Waals surface area contributed by atoms with Gasteiger partial charge in [-0.05, 0) is 25.0 Å². The van der Waals surface area contributed by atoms with Gasteiger partial charge < -0.3 is 10.6 Å². The van der Waals surface area contributed by atoms with E-state index in [9.17, 15) is 4.79 Å². The monoisotopic (exact) mass is 239 g/mol. The molecule has 0 unspecified atom stereocenters. The third kappa shape index (κ3) is 3.47. The summed E-state index contributed by atoms with van der Waals surface area (Å²) in [5, 5.41) is 6.33. The fourth-order valence-electron chi connectivity index (χ4n) is 1.37. The fourth-order valence-corrected chi connectivity index (χ4v) is 1.54. The molecule has 1 saturated carbocycles. The summed E-state index contributed by atoms with van der Waals surface area (Å²) < 4.78 is 0. The van der Waals surface area contributed by atoms with E-state index in [4.69, 9.17) is 11.6 Å². The molecule has 1 heterocycles. The maximum absolute atomic E-state index is 11.5. The summed E-state index contributed by atoms with van der Waals surface area (Å²) in [6, 6.07) is 4.11. The second kappa shape index (κ2) is 5.27. The number of aromatic nitrogens is 1. The number of carbonyl (C=O) groups is 1. The van der Waals surface area contributed by atoms with Gasteiger partial charge in [0.25, 0.3) is 0 Å². The van der Waals surface area contributed by atoms with Crippen molar-refractivity contribution in [1.82, 2.24) is 10.3 Å². The number of hydrogen-bond donors (Lipinski definition) is 2. The van der Waals surface area contributed by atoms with Crippen LogP contribution in [0.1, 0.15) is 19.3 Å². The molecule has 2 N–H and O–H groups in total. The lowest BCUT2D eigenvalue weighted by Crippen LogP contribution is -2.23. The Bertz CT molecular complexity index is 379.